The van der Waals surface area contributed by atoms with Crippen LogP contribution in [0.2, 0.25) is 5.15 Å². The molecule has 0 fully saturated rings. The summed E-state index contributed by atoms with van der Waals surface area (Å²) in [6.45, 7) is 0.383. The second-order valence-corrected chi connectivity index (χ2v) is 4.37. The van der Waals surface area contributed by atoms with E-state index in [9.17, 15) is 9.18 Å². The second-order valence-electron chi connectivity index (χ2n) is 4.01. The van der Waals surface area contributed by atoms with Gasteiger partial charge in [0.25, 0.3) is 5.91 Å². The molecule has 2 aromatic rings. The summed E-state index contributed by atoms with van der Waals surface area (Å²) in [7, 11) is 1.62. The maximum atomic E-state index is 13.1. The molecule has 98 valence electrons. The fraction of sp³-hybridized carbons (Fsp3) is 0.154. The van der Waals surface area contributed by atoms with Gasteiger partial charge in [-0.1, -0.05) is 11.6 Å². The van der Waals surface area contributed by atoms with Crippen molar-refractivity contribution in [2.45, 2.75) is 6.54 Å². The van der Waals surface area contributed by atoms with Crippen molar-refractivity contribution in [3.63, 3.8) is 0 Å². The summed E-state index contributed by atoms with van der Waals surface area (Å²) in [6.07, 6.45) is 4.26. The number of carbonyl (C=O) groups excluding carboxylic acids is 1. The van der Waals surface area contributed by atoms with Crippen LogP contribution in [-0.4, -0.2) is 27.8 Å². The van der Waals surface area contributed by atoms with Crippen LogP contribution in [0.5, 0.6) is 0 Å². The Morgan fingerprint density at radius 2 is 2.11 bits per heavy atom. The second kappa shape index (κ2) is 5.75. The third-order valence-corrected chi connectivity index (χ3v) is 2.85. The lowest BCUT2D eigenvalue weighted by Crippen LogP contribution is -2.26. The molecule has 4 nitrogen and oxygen atoms in total. The van der Waals surface area contributed by atoms with Crippen LogP contribution in [-0.2, 0) is 6.54 Å². The zero-order valence-electron chi connectivity index (χ0n) is 10.2. The lowest BCUT2D eigenvalue weighted by Gasteiger charge is -2.17. The number of nitrogens with zero attached hydrogens (tertiary/aromatic N) is 3. The van der Waals surface area contributed by atoms with Crippen LogP contribution in [0.1, 0.15) is 15.9 Å². The first-order valence-corrected chi connectivity index (χ1v) is 5.91. The molecule has 6 heteroatoms. The van der Waals surface area contributed by atoms with Crippen molar-refractivity contribution in [1.29, 1.82) is 0 Å². The molecule has 1 amide bonds. The molecule has 0 unspecified atom stereocenters. The highest BCUT2D eigenvalue weighted by Gasteiger charge is 2.17. The summed E-state index contributed by atoms with van der Waals surface area (Å²) in [4.78, 5) is 21.1. The van der Waals surface area contributed by atoms with Gasteiger partial charge in [0.1, 0.15) is 11.0 Å². The Morgan fingerprint density at radius 1 is 1.42 bits per heavy atom. The maximum absolute atomic E-state index is 13.1. The van der Waals surface area contributed by atoms with E-state index in [4.69, 9.17) is 11.6 Å². The SMILES string of the molecule is CN(Cc1ccncc1)C(=O)c1cc(F)cnc1Cl. The molecule has 0 saturated carbocycles. The molecular formula is C13H11ClFN3O. The molecule has 2 rings (SSSR count). The van der Waals surface area contributed by atoms with E-state index in [1.54, 1.807) is 31.6 Å². The Balaban J connectivity index is 2.17. The number of carbonyl (C=O) groups is 1. The van der Waals surface area contributed by atoms with E-state index in [1.165, 1.54) is 4.90 Å². The van der Waals surface area contributed by atoms with Crippen molar-refractivity contribution in [3.8, 4) is 0 Å². The van der Waals surface area contributed by atoms with E-state index in [0.29, 0.717) is 6.54 Å². The van der Waals surface area contributed by atoms with Crippen molar-refractivity contribution in [2.75, 3.05) is 7.05 Å². The molecule has 2 aromatic heterocycles. The number of rotatable bonds is 3. The molecule has 0 aromatic carbocycles. The first-order valence-electron chi connectivity index (χ1n) is 5.53. The number of halogens is 2. The Bertz CT molecular complexity index is 592. The van der Waals surface area contributed by atoms with Gasteiger partial charge in [0.05, 0.1) is 11.8 Å². The molecule has 0 aliphatic heterocycles. The van der Waals surface area contributed by atoms with Crippen molar-refractivity contribution in [1.82, 2.24) is 14.9 Å². The van der Waals surface area contributed by atoms with Gasteiger partial charge in [0, 0.05) is 26.0 Å². The predicted molar refractivity (Wildman–Crippen MR) is 69.2 cm³/mol. The zero-order valence-corrected chi connectivity index (χ0v) is 10.9. The quantitative estimate of drug-likeness (QED) is 0.811. The van der Waals surface area contributed by atoms with Gasteiger partial charge < -0.3 is 4.90 Å². The van der Waals surface area contributed by atoms with Gasteiger partial charge >= 0.3 is 0 Å². The molecule has 0 spiro atoms. The molecular weight excluding hydrogens is 269 g/mol. The van der Waals surface area contributed by atoms with Gasteiger partial charge in [-0.3, -0.25) is 9.78 Å². The smallest absolute Gasteiger partial charge is 0.257 e. The predicted octanol–water partition coefficient (Wildman–Crippen LogP) is 2.54. The van der Waals surface area contributed by atoms with Crippen molar-refractivity contribution < 1.29 is 9.18 Å². The highest BCUT2D eigenvalue weighted by Crippen LogP contribution is 2.16. The molecule has 0 aliphatic carbocycles. The standard InChI is InChI=1S/C13H11ClFN3O/c1-18(8-9-2-4-16-5-3-9)13(19)11-6-10(15)7-17-12(11)14/h2-7H,8H2,1H3. The molecule has 0 radical (unpaired) electrons. The monoisotopic (exact) mass is 279 g/mol. The number of pyridine rings is 2. The Labute approximate surface area is 114 Å². The molecule has 19 heavy (non-hydrogen) atoms. The lowest BCUT2D eigenvalue weighted by molar-refractivity contribution is 0.0784. The van der Waals surface area contributed by atoms with E-state index in [1.807, 2.05) is 0 Å². The van der Waals surface area contributed by atoms with E-state index < -0.39 is 5.82 Å². The van der Waals surface area contributed by atoms with Crippen LogP contribution in [0.25, 0.3) is 0 Å². The van der Waals surface area contributed by atoms with Crippen molar-refractivity contribution >= 4 is 17.5 Å². The summed E-state index contributed by atoms with van der Waals surface area (Å²) in [6, 6.07) is 4.69. The van der Waals surface area contributed by atoms with Gasteiger partial charge in [0.2, 0.25) is 0 Å². The van der Waals surface area contributed by atoms with Crippen LogP contribution in [0.4, 0.5) is 4.39 Å². The molecule has 0 atom stereocenters. The van der Waals surface area contributed by atoms with Gasteiger partial charge in [-0.25, -0.2) is 9.37 Å². The number of amides is 1. The molecule has 2 heterocycles. The van der Waals surface area contributed by atoms with Crippen molar-refractivity contribution in [2.24, 2.45) is 0 Å². The third kappa shape index (κ3) is 3.26. The van der Waals surface area contributed by atoms with Crippen LogP contribution in [0, 0.1) is 5.82 Å². The van der Waals surface area contributed by atoms with Crippen LogP contribution >= 0.6 is 11.6 Å². The minimum absolute atomic E-state index is 0.00650. The number of hydrogen-bond donors (Lipinski definition) is 0. The summed E-state index contributed by atoms with van der Waals surface area (Å²) in [5.41, 5.74) is 0.976. The fourth-order valence-electron chi connectivity index (χ4n) is 1.61. The first kappa shape index (κ1) is 13.4. The molecule has 0 N–H and O–H groups in total. The van der Waals surface area contributed by atoms with Crippen LogP contribution < -0.4 is 0 Å². The van der Waals surface area contributed by atoms with Gasteiger partial charge in [-0.05, 0) is 23.8 Å². The normalized spacial score (nSPS) is 10.3. The van der Waals surface area contributed by atoms with E-state index >= 15 is 0 Å². The number of aromatic nitrogens is 2. The van der Waals surface area contributed by atoms with E-state index in [2.05, 4.69) is 9.97 Å². The third-order valence-electron chi connectivity index (χ3n) is 2.55. The Morgan fingerprint density at radius 3 is 2.79 bits per heavy atom. The molecule has 0 saturated heterocycles. The summed E-state index contributed by atoms with van der Waals surface area (Å²) >= 11 is 5.80. The minimum Gasteiger partial charge on any atom is -0.337 e. The average molecular weight is 280 g/mol. The zero-order chi connectivity index (χ0) is 13.8. The number of hydrogen-bond acceptors (Lipinski definition) is 3. The van der Waals surface area contributed by atoms with Crippen molar-refractivity contribution in [3.05, 3.63) is 58.9 Å². The Hall–Kier alpha value is -2.01. The van der Waals surface area contributed by atoms with Crippen LogP contribution in [0.15, 0.2) is 36.8 Å². The summed E-state index contributed by atoms with van der Waals surface area (Å²) in [5, 5.41) is -0.00650. The summed E-state index contributed by atoms with van der Waals surface area (Å²) < 4.78 is 13.1. The van der Waals surface area contributed by atoms with E-state index in [-0.39, 0.29) is 16.6 Å². The van der Waals surface area contributed by atoms with Gasteiger partial charge in [-0.15, -0.1) is 0 Å². The largest absolute Gasteiger partial charge is 0.337 e. The highest BCUT2D eigenvalue weighted by molar-refractivity contribution is 6.32. The average Bonchev–Trinajstić information content (AvgIpc) is 2.42. The fourth-order valence-corrected chi connectivity index (χ4v) is 1.80. The minimum atomic E-state index is -0.593. The summed E-state index contributed by atoms with van der Waals surface area (Å²) in [5.74, 6) is -0.973. The topological polar surface area (TPSA) is 46.1 Å². The maximum Gasteiger partial charge on any atom is 0.257 e. The van der Waals surface area contributed by atoms with Gasteiger partial charge in [0.15, 0.2) is 0 Å². The van der Waals surface area contributed by atoms with Gasteiger partial charge in [-0.2, -0.15) is 0 Å². The lowest BCUT2D eigenvalue weighted by atomic mass is 10.2. The van der Waals surface area contributed by atoms with E-state index in [0.717, 1.165) is 17.8 Å². The van der Waals surface area contributed by atoms with Crippen LogP contribution in [0.3, 0.4) is 0 Å². The molecule has 0 bridgehead atoms. The first-order chi connectivity index (χ1) is 9.08. The molecule has 0 aliphatic rings. The highest BCUT2D eigenvalue weighted by atomic mass is 35.5. The Kier molecular flexibility index (Phi) is 4.06.